The number of nitrogens with zero attached hydrogens (tertiary/aromatic N) is 1. The van der Waals surface area contributed by atoms with Gasteiger partial charge in [-0.3, -0.25) is 0 Å². The minimum absolute atomic E-state index is 0.116. The molecule has 0 aromatic heterocycles. The highest BCUT2D eigenvalue weighted by molar-refractivity contribution is 5.42. The lowest BCUT2D eigenvalue weighted by Crippen LogP contribution is -2.36. The lowest BCUT2D eigenvalue weighted by molar-refractivity contribution is 0.0965. The van der Waals surface area contributed by atoms with Crippen LogP contribution in [0.3, 0.4) is 0 Å². The van der Waals surface area contributed by atoms with Gasteiger partial charge >= 0.3 is 0 Å². The van der Waals surface area contributed by atoms with E-state index in [1.54, 1.807) is 24.3 Å². The van der Waals surface area contributed by atoms with Crippen LogP contribution in [0.2, 0.25) is 0 Å². The Morgan fingerprint density at radius 1 is 1.30 bits per heavy atom. The number of hydrogen-bond acceptors (Lipinski definition) is 5. The molecule has 0 amide bonds. The van der Waals surface area contributed by atoms with Crippen molar-refractivity contribution in [3.05, 3.63) is 29.8 Å². The van der Waals surface area contributed by atoms with E-state index in [1.807, 2.05) is 6.07 Å². The lowest BCUT2D eigenvalue weighted by Gasteiger charge is -2.15. The van der Waals surface area contributed by atoms with Gasteiger partial charge in [0.05, 0.1) is 11.7 Å². The second-order valence-electron chi connectivity index (χ2n) is 5.14. The predicted octanol–water partition coefficient (Wildman–Crippen LogP) is 0.658. The number of nitrogens with one attached hydrogen (secondary N) is 1. The van der Waals surface area contributed by atoms with Crippen molar-refractivity contribution in [1.82, 2.24) is 5.32 Å². The minimum atomic E-state index is -0.673. The van der Waals surface area contributed by atoms with Gasteiger partial charge in [0.25, 0.3) is 0 Å². The summed E-state index contributed by atoms with van der Waals surface area (Å²) in [7, 11) is 0. The third-order valence-corrected chi connectivity index (χ3v) is 3.34. The molecule has 20 heavy (non-hydrogen) atoms. The molecule has 1 aliphatic rings. The molecule has 0 aliphatic heterocycles. The molecule has 5 nitrogen and oxygen atoms in total. The molecule has 2 rings (SSSR count). The quantitative estimate of drug-likeness (QED) is 0.649. The molecule has 0 bridgehead atoms. The fourth-order valence-corrected chi connectivity index (χ4v) is 1.98. The van der Waals surface area contributed by atoms with Crippen LogP contribution in [0, 0.1) is 17.2 Å². The van der Waals surface area contributed by atoms with Crippen LogP contribution < -0.4 is 10.1 Å². The minimum Gasteiger partial charge on any atom is -0.489 e. The molecule has 2 unspecified atom stereocenters. The van der Waals surface area contributed by atoms with E-state index in [0.717, 1.165) is 12.8 Å². The van der Waals surface area contributed by atoms with Gasteiger partial charge in [-0.1, -0.05) is 12.1 Å². The summed E-state index contributed by atoms with van der Waals surface area (Å²) in [5.41, 5.74) is 0.455. The normalized spacial score (nSPS) is 17.2. The van der Waals surface area contributed by atoms with Crippen molar-refractivity contribution in [3.8, 4) is 11.8 Å². The second-order valence-corrected chi connectivity index (χ2v) is 5.14. The van der Waals surface area contributed by atoms with Crippen molar-refractivity contribution in [1.29, 1.82) is 5.26 Å². The van der Waals surface area contributed by atoms with E-state index in [2.05, 4.69) is 5.32 Å². The van der Waals surface area contributed by atoms with Crippen LogP contribution >= 0.6 is 0 Å². The first-order valence-corrected chi connectivity index (χ1v) is 6.89. The van der Waals surface area contributed by atoms with Gasteiger partial charge in [-0.2, -0.15) is 5.26 Å². The Balaban J connectivity index is 1.66. The van der Waals surface area contributed by atoms with Gasteiger partial charge in [-0.25, -0.2) is 0 Å². The molecule has 1 aromatic carbocycles. The summed E-state index contributed by atoms with van der Waals surface area (Å²) >= 11 is 0. The van der Waals surface area contributed by atoms with Crippen LogP contribution in [0.1, 0.15) is 18.4 Å². The summed E-state index contributed by atoms with van der Waals surface area (Å²) in [6.07, 6.45) is 1.20. The second kappa shape index (κ2) is 7.25. The fourth-order valence-electron chi connectivity index (χ4n) is 1.98. The van der Waals surface area contributed by atoms with Gasteiger partial charge in [0.15, 0.2) is 0 Å². The molecule has 1 saturated carbocycles. The van der Waals surface area contributed by atoms with E-state index >= 15 is 0 Å². The highest BCUT2D eigenvalue weighted by Crippen LogP contribution is 2.32. The predicted molar refractivity (Wildman–Crippen MR) is 74.3 cm³/mol. The summed E-state index contributed by atoms with van der Waals surface area (Å²) in [6, 6.07) is 8.97. The standard InChI is InChI=1S/C15H20N2O3/c16-7-12-3-1-2-4-15(12)20-10-13(18)8-17-9-14(19)11-5-6-11/h1-4,11,13-14,17-19H,5-6,8-10H2. The number of ether oxygens (including phenoxy) is 1. The number of nitriles is 1. The maximum absolute atomic E-state index is 9.79. The zero-order valence-electron chi connectivity index (χ0n) is 11.3. The third-order valence-electron chi connectivity index (χ3n) is 3.34. The van der Waals surface area contributed by atoms with Crippen LogP contribution in [0.25, 0.3) is 0 Å². The number of aliphatic hydroxyl groups is 2. The van der Waals surface area contributed by atoms with E-state index in [4.69, 9.17) is 10.00 Å². The molecule has 2 atom stereocenters. The van der Waals surface area contributed by atoms with Crippen molar-refractivity contribution >= 4 is 0 Å². The average Bonchev–Trinajstić information content (AvgIpc) is 3.30. The Labute approximate surface area is 118 Å². The molecule has 0 radical (unpaired) electrons. The van der Waals surface area contributed by atoms with Gasteiger partial charge < -0.3 is 20.3 Å². The monoisotopic (exact) mass is 276 g/mol. The summed E-state index contributed by atoms with van der Waals surface area (Å²) in [4.78, 5) is 0. The highest BCUT2D eigenvalue weighted by Gasteiger charge is 2.29. The topological polar surface area (TPSA) is 85.5 Å². The smallest absolute Gasteiger partial charge is 0.137 e. The maximum Gasteiger partial charge on any atom is 0.137 e. The first-order chi connectivity index (χ1) is 9.70. The van der Waals surface area contributed by atoms with Gasteiger partial charge in [0, 0.05) is 13.1 Å². The van der Waals surface area contributed by atoms with E-state index in [9.17, 15) is 10.2 Å². The molecule has 0 spiro atoms. The first kappa shape index (κ1) is 14.8. The molecule has 0 heterocycles. The highest BCUT2D eigenvalue weighted by atomic mass is 16.5. The number of benzene rings is 1. The molecule has 1 aliphatic carbocycles. The Bertz CT molecular complexity index is 468. The van der Waals surface area contributed by atoms with Crippen LogP contribution in [0.15, 0.2) is 24.3 Å². The number of para-hydroxylation sites is 1. The Morgan fingerprint density at radius 2 is 2.05 bits per heavy atom. The van der Waals surface area contributed by atoms with Crippen LogP contribution in [-0.2, 0) is 0 Å². The van der Waals surface area contributed by atoms with Gasteiger partial charge in [0.2, 0.25) is 0 Å². The van der Waals surface area contributed by atoms with Crippen LogP contribution in [0.4, 0.5) is 0 Å². The van der Waals surface area contributed by atoms with E-state index in [-0.39, 0.29) is 12.7 Å². The molecule has 1 aromatic rings. The third kappa shape index (κ3) is 4.49. The first-order valence-electron chi connectivity index (χ1n) is 6.89. The van der Waals surface area contributed by atoms with Gasteiger partial charge in [0.1, 0.15) is 24.5 Å². The van der Waals surface area contributed by atoms with Crippen LogP contribution in [-0.4, -0.2) is 42.1 Å². The molecular formula is C15H20N2O3. The van der Waals surface area contributed by atoms with Crippen molar-refractivity contribution in [2.75, 3.05) is 19.7 Å². The zero-order valence-corrected chi connectivity index (χ0v) is 11.3. The van der Waals surface area contributed by atoms with Crippen molar-refractivity contribution in [2.45, 2.75) is 25.0 Å². The Hall–Kier alpha value is -1.61. The lowest BCUT2D eigenvalue weighted by atomic mass is 10.2. The van der Waals surface area contributed by atoms with Gasteiger partial charge in [-0.05, 0) is 30.9 Å². The summed E-state index contributed by atoms with van der Waals surface area (Å²) in [5, 5.41) is 31.4. The van der Waals surface area contributed by atoms with Crippen LogP contribution in [0.5, 0.6) is 5.75 Å². The molecule has 3 N–H and O–H groups in total. The van der Waals surface area contributed by atoms with Crippen molar-refractivity contribution < 1.29 is 14.9 Å². The summed E-state index contributed by atoms with van der Waals surface area (Å²) in [5.74, 6) is 0.908. The average molecular weight is 276 g/mol. The SMILES string of the molecule is N#Cc1ccccc1OCC(O)CNCC(O)C1CC1. The molecular weight excluding hydrogens is 256 g/mol. The Morgan fingerprint density at radius 3 is 2.75 bits per heavy atom. The summed E-state index contributed by atoms with van der Waals surface area (Å²) in [6.45, 7) is 0.972. The molecule has 1 fully saturated rings. The van der Waals surface area contributed by atoms with E-state index in [0.29, 0.717) is 30.3 Å². The zero-order chi connectivity index (χ0) is 14.4. The number of aliphatic hydroxyl groups excluding tert-OH is 2. The van der Waals surface area contributed by atoms with E-state index < -0.39 is 6.10 Å². The molecule has 5 heteroatoms. The largest absolute Gasteiger partial charge is 0.489 e. The fraction of sp³-hybridized carbons (Fsp3) is 0.533. The number of rotatable bonds is 8. The summed E-state index contributed by atoms with van der Waals surface area (Å²) < 4.78 is 5.43. The number of hydrogen-bond donors (Lipinski definition) is 3. The Kier molecular flexibility index (Phi) is 5.36. The molecule has 0 saturated heterocycles. The maximum atomic E-state index is 9.79. The van der Waals surface area contributed by atoms with Crippen molar-refractivity contribution in [3.63, 3.8) is 0 Å². The van der Waals surface area contributed by atoms with Crippen molar-refractivity contribution in [2.24, 2.45) is 5.92 Å². The van der Waals surface area contributed by atoms with E-state index in [1.165, 1.54) is 0 Å². The van der Waals surface area contributed by atoms with Gasteiger partial charge in [-0.15, -0.1) is 0 Å². The molecule has 108 valence electrons.